The average molecular weight is 261 g/mol. The number of carbonyl (C=O) groups is 1. The van der Waals surface area contributed by atoms with Crippen molar-refractivity contribution in [2.24, 2.45) is 0 Å². The first-order valence-electron chi connectivity index (χ1n) is 6.71. The van der Waals surface area contributed by atoms with E-state index in [0.717, 1.165) is 13.1 Å². The van der Waals surface area contributed by atoms with Crippen molar-refractivity contribution in [3.05, 3.63) is 23.9 Å². The van der Waals surface area contributed by atoms with Crippen LogP contribution < -0.4 is 4.74 Å². The summed E-state index contributed by atoms with van der Waals surface area (Å²) in [5, 5.41) is 0. The van der Waals surface area contributed by atoms with Crippen molar-refractivity contribution in [2.75, 3.05) is 20.1 Å². The predicted molar refractivity (Wildman–Crippen MR) is 71.2 cm³/mol. The van der Waals surface area contributed by atoms with Gasteiger partial charge in [-0.25, -0.2) is 4.98 Å². The summed E-state index contributed by atoms with van der Waals surface area (Å²) in [4.78, 5) is 20.8. The Bertz CT molecular complexity index is 503. The van der Waals surface area contributed by atoms with Crippen molar-refractivity contribution >= 4 is 5.91 Å². The van der Waals surface area contributed by atoms with Crippen LogP contribution in [0.2, 0.25) is 0 Å². The number of fused-ring (bicyclic) bond motifs is 2. The first-order chi connectivity index (χ1) is 9.08. The Kier molecular flexibility index (Phi) is 2.93. The first kappa shape index (κ1) is 12.4. The molecule has 0 aliphatic carbocycles. The van der Waals surface area contributed by atoms with Gasteiger partial charge in [-0.15, -0.1) is 0 Å². The van der Waals surface area contributed by atoms with E-state index in [4.69, 9.17) is 4.74 Å². The van der Waals surface area contributed by atoms with Gasteiger partial charge in [0.2, 0.25) is 5.88 Å². The lowest BCUT2D eigenvalue weighted by Crippen LogP contribution is -2.44. The number of rotatable bonds is 1. The van der Waals surface area contributed by atoms with Gasteiger partial charge in [-0.1, -0.05) is 0 Å². The maximum absolute atomic E-state index is 12.4. The van der Waals surface area contributed by atoms with Crippen LogP contribution in [0.1, 0.15) is 24.2 Å². The number of likely N-dealkylation sites (tertiary alicyclic amines) is 1. The van der Waals surface area contributed by atoms with Crippen LogP contribution in [-0.2, 0) is 0 Å². The van der Waals surface area contributed by atoms with Crippen LogP contribution in [-0.4, -0.2) is 59.0 Å². The van der Waals surface area contributed by atoms with Crippen LogP contribution >= 0.6 is 0 Å². The molecule has 5 nitrogen and oxygen atoms in total. The standard InChI is InChI=1S/C14H19N3O2/c1-9(2)17-7-11-12(8-17)19-13-10(5-4-6-15-13)14(18)16(11)3/h4-6,9,11-12H,7-8H2,1-3H3/t11-,12+/m1/s1. The topological polar surface area (TPSA) is 45.7 Å². The molecule has 1 saturated heterocycles. The SMILES string of the molecule is CC(C)N1C[C@@H]2Oc3ncccc3C(=O)N(C)[C@@H]2C1. The van der Waals surface area contributed by atoms with Crippen LogP contribution in [0.4, 0.5) is 0 Å². The van der Waals surface area contributed by atoms with E-state index >= 15 is 0 Å². The zero-order valence-corrected chi connectivity index (χ0v) is 11.5. The van der Waals surface area contributed by atoms with E-state index in [-0.39, 0.29) is 18.1 Å². The molecule has 1 aromatic heterocycles. The zero-order valence-electron chi connectivity index (χ0n) is 11.5. The number of carbonyl (C=O) groups excluding carboxylic acids is 1. The number of hydrogen-bond donors (Lipinski definition) is 0. The Balaban J connectivity index is 1.95. The molecule has 0 saturated carbocycles. The van der Waals surface area contributed by atoms with Crippen LogP contribution in [0.15, 0.2) is 18.3 Å². The number of ether oxygens (including phenoxy) is 1. The summed E-state index contributed by atoms with van der Waals surface area (Å²) in [6.45, 7) is 6.03. The van der Waals surface area contributed by atoms with Crippen LogP contribution in [0, 0.1) is 0 Å². The lowest BCUT2D eigenvalue weighted by molar-refractivity contribution is 0.0679. The second-order valence-corrected chi connectivity index (χ2v) is 5.54. The van der Waals surface area contributed by atoms with E-state index < -0.39 is 0 Å². The van der Waals surface area contributed by atoms with Crippen molar-refractivity contribution in [1.29, 1.82) is 0 Å². The minimum absolute atomic E-state index is 0.00112. The number of likely N-dealkylation sites (N-methyl/N-ethyl adjacent to an activating group) is 1. The molecule has 2 atom stereocenters. The molecule has 0 unspecified atom stereocenters. The quantitative estimate of drug-likeness (QED) is 0.757. The number of nitrogens with zero attached hydrogens (tertiary/aromatic N) is 3. The van der Waals surface area contributed by atoms with Gasteiger partial charge in [-0.2, -0.15) is 0 Å². The van der Waals surface area contributed by atoms with E-state index in [1.165, 1.54) is 0 Å². The first-order valence-corrected chi connectivity index (χ1v) is 6.71. The van der Waals surface area contributed by atoms with Gasteiger partial charge in [0.05, 0.1) is 6.04 Å². The maximum atomic E-state index is 12.4. The molecule has 3 heterocycles. The molecule has 1 aromatic rings. The highest BCUT2D eigenvalue weighted by atomic mass is 16.5. The molecule has 3 rings (SSSR count). The van der Waals surface area contributed by atoms with Crippen LogP contribution in [0.25, 0.3) is 0 Å². The third-order valence-corrected chi connectivity index (χ3v) is 4.08. The minimum Gasteiger partial charge on any atom is -0.470 e. The Morgan fingerprint density at radius 3 is 2.95 bits per heavy atom. The summed E-state index contributed by atoms with van der Waals surface area (Å²) >= 11 is 0. The average Bonchev–Trinajstić information content (AvgIpc) is 2.78. The van der Waals surface area contributed by atoms with E-state index in [2.05, 4.69) is 23.7 Å². The molecule has 0 N–H and O–H groups in total. The summed E-state index contributed by atoms with van der Waals surface area (Å²) in [6.07, 6.45) is 1.68. The van der Waals surface area contributed by atoms with Gasteiger partial charge in [0.15, 0.2) is 0 Å². The fraction of sp³-hybridized carbons (Fsp3) is 0.571. The van der Waals surface area contributed by atoms with Gasteiger partial charge in [0.1, 0.15) is 11.7 Å². The summed E-state index contributed by atoms with van der Waals surface area (Å²) in [5.74, 6) is 0.471. The van der Waals surface area contributed by atoms with Gasteiger partial charge < -0.3 is 9.64 Å². The minimum atomic E-state index is 0.00112. The molecule has 19 heavy (non-hydrogen) atoms. The van der Waals surface area contributed by atoms with Crippen molar-refractivity contribution < 1.29 is 9.53 Å². The van der Waals surface area contributed by atoms with E-state index in [1.54, 1.807) is 23.2 Å². The summed E-state index contributed by atoms with van der Waals surface area (Å²) in [5.41, 5.74) is 0.565. The normalized spacial score (nSPS) is 26.9. The smallest absolute Gasteiger partial charge is 0.259 e. The fourth-order valence-electron chi connectivity index (χ4n) is 2.83. The van der Waals surface area contributed by atoms with Gasteiger partial charge in [0.25, 0.3) is 5.91 Å². The van der Waals surface area contributed by atoms with E-state index in [1.807, 2.05) is 7.05 Å². The van der Waals surface area contributed by atoms with Gasteiger partial charge >= 0.3 is 0 Å². The zero-order chi connectivity index (χ0) is 13.6. The van der Waals surface area contributed by atoms with Crippen LogP contribution in [0.5, 0.6) is 5.88 Å². The largest absolute Gasteiger partial charge is 0.470 e. The van der Waals surface area contributed by atoms with Gasteiger partial charge in [-0.3, -0.25) is 9.69 Å². The molecular formula is C14H19N3O2. The lowest BCUT2D eigenvalue weighted by Gasteiger charge is -2.25. The number of amides is 1. The molecule has 1 fully saturated rings. The lowest BCUT2D eigenvalue weighted by atomic mass is 10.2. The summed E-state index contributed by atoms with van der Waals surface area (Å²) < 4.78 is 5.99. The molecule has 102 valence electrons. The number of hydrogen-bond acceptors (Lipinski definition) is 4. The van der Waals surface area contributed by atoms with Crippen molar-refractivity contribution in [3.8, 4) is 5.88 Å². The second-order valence-electron chi connectivity index (χ2n) is 5.54. The molecule has 1 amide bonds. The molecule has 2 aliphatic heterocycles. The molecule has 0 aromatic carbocycles. The van der Waals surface area contributed by atoms with Crippen molar-refractivity contribution in [3.63, 3.8) is 0 Å². The summed E-state index contributed by atoms with van der Waals surface area (Å²) in [6, 6.07) is 4.11. The van der Waals surface area contributed by atoms with Gasteiger partial charge in [0, 0.05) is 32.4 Å². The highest BCUT2D eigenvalue weighted by molar-refractivity contribution is 5.96. The fourth-order valence-corrected chi connectivity index (χ4v) is 2.83. The Morgan fingerprint density at radius 1 is 1.42 bits per heavy atom. The van der Waals surface area contributed by atoms with E-state index in [0.29, 0.717) is 17.5 Å². The molecular weight excluding hydrogens is 242 g/mol. The Hall–Kier alpha value is -1.62. The number of aromatic nitrogens is 1. The van der Waals surface area contributed by atoms with Crippen molar-refractivity contribution in [2.45, 2.75) is 32.0 Å². The Morgan fingerprint density at radius 2 is 2.21 bits per heavy atom. The van der Waals surface area contributed by atoms with Crippen molar-refractivity contribution in [1.82, 2.24) is 14.8 Å². The third kappa shape index (κ3) is 1.98. The Labute approximate surface area is 113 Å². The summed E-state index contributed by atoms with van der Waals surface area (Å²) in [7, 11) is 1.86. The molecule has 0 radical (unpaired) electrons. The molecule has 0 spiro atoms. The second kappa shape index (κ2) is 4.49. The molecule has 5 heteroatoms. The van der Waals surface area contributed by atoms with Gasteiger partial charge in [-0.05, 0) is 26.0 Å². The molecule has 2 aliphatic rings. The van der Waals surface area contributed by atoms with E-state index in [9.17, 15) is 4.79 Å². The highest BCUT2D eigenvalue weighted by Gasteiger charge is 2.43. The van der Waals surface area contributed by atoms with Crippen LogP contribution in [0.3, 0.4) is 0 Å². The predicted octanol–water partition coefficient (Wildman–Crippen LogP) is 1.01. The number of pyridine rings is 1. The molecule has 0 bridgehead atoms. The third-order valence-electron chi connectivity index (χ3n) is 4.08. The monoisotopic (exact) mass is 261 g/mol. The maximum Gasteiger partial charge on any atom is 0.259 e. The highest BCUT2D eigenvalue weighted by Crippen LogP contribution is 2.29.